The molecule has 3 N–H and O–H groups in total. The molecule has 1 unspecified atom stereocenters. The lowest BCUT2D eigenvalue weighted by Crippen LogP contribution is -2.35. The summed E-state index contributed by atoms with van der Waals surface area (Å²) in [6.07, 6.45) is 5.27. The van der Waals surface area contributed by atoms with Crippen LogP contribution in [0.1, 0.15) is 58.1 Å². The molecule has 1 aromatic carbocycles. The molecular weight excluding hydrogens is 248 g/mol. The van der Waals surface area contributed by atoms with Crippen molar-refractivity contribution in [2.24, 2.45) is 17.7 Å². The van der Waals surface area contributed by atoms with Crippen molar-refractivity contribution in [2.75, 3.05) is 0 Å². The van der Waals surface area contributed by atoms with Gasteiger partial charge < -0.3 is 4.74 Å². The van der Waals surface area contributed by atoms with Crippen LogP contribution in [-0.4, -0.2) is 6.10 Å². The predicted octanol–water partition coefficient (Wildman–Crippen LogP) is 3.80. The van der Waals surface area contributed by atoms with Crippen LogP contribution in [0.5, 0.6) is 5.75 Å². The molecule has 0 bridgehead atoms. The van der Waals surface area contributed by atoms with Crippen LogP contribution in [0.25, 0.3) is 0 Å². The van der Waals surface area contributed by atoms with E-state index < -0.39 is 0 Å². The molecule has 0 spiro atoms. The molecule has 1 aromatic rings. The van der Waals surface area contributed by atoms with Gasteiger partial charge in [0, 0.05) is 5.56 Å². The summed E-state index contributed by atoms with van der Waals surface area (Å²) in [5, 5.41) is 0. The molecule has 0 aliphatic heterocycles. The molecule has 1 saturated carbocycles. The second-order valence-electron chi connectivity index (χ2n) is 6.37. The van der Waals surface area contributed by atoms with Crippen LogP contribution in [0, 0.1) is 11.8 Å². The van der Waals surface area contributed by atoms with Crippen molar-refractivity contribution in [3.63, 3.8) is 0 Å². The van der Waals surface area contributed by atoms with Crippen molar-refractivity contribution in [2.45, 2.75) is 58.6 Å². The van der Waals surface area contributed by atoms with E-state index in [0.717, 1.165) is 11.7 Å². The molecule has 3 heteroatoms. The third-order valence-electron chi connectivity index (χ3n) is 4.33. The number of para-hydroxylation sites is 1. The van der Waals surface area contributed by atoms with Crippen LogP contribution in [0.15, 0.2) is 24.3 Å². The average Bonchev–Trinajstić information content (AvgIpc) is 2.43. The average molecular weight is 276 g/mol. The Hall–Kier alpha value is -1.06. The van der Waals surface area contributed by atoms with Crippen LogP contribution in [0.3, 0.4) is 0 Å². The van der Waals surface area contributed by atoms with Gasteiger partial charge in [0.1, 0.15) is 5.75 Å². The van der Waals surface area contributed by atoms with E-state index in [-0.39, 0.29) is 12.1 Å². The standard InChI is InChI=1S/C17H28N2O/c1-12(2)20-16-7-5-4-6-15(16)17(19-18)14-10-8-13(3)9-11-14/h4-7,12-14,17,19H,8-11,18H2,1-3H3. The van der Waals surface area contributed by atoms with Crippen molar-refractivity contribution in [1.82, 2.24) is 5.43 Å². The Bertz CT molecular complexity index is 411. The summed E-state index contributed by atoms with van der Waals surface area (Å²) in [7, 11) is 0. The number of rotatable bonds is 5. The largest absolute Gasteiger partial charge is 0.491 e. The van der Waals surface area contributed by atoms with Gasteiger partial charge in [-0.3, -0.25) is 11.3 Å². The van der Waals surface area contributed by atoms with Gasteiger partial charge >= 0.3 is 0 Å². The SMILES string of the molecule is CC1CCC(C(NN)c2ccccc2OC(C)C)CC1. The van der Waals surface area contributed by atoms with E-state index in [4.69, 9.17) is 10.6 Å². The fourth-order valence-electron chi connectivity index (χ4n) is 3.20. The molecule has 112 valence electrons. The van der Waals surface area contributed by atoms with Gasteiger partial charge in [0.15, 0.2) is 0 Å². The fraction of sp³-hybridized carbons (Fsp3) is 0.647. The molecule has 3 nitrogen and oxygen atoms in total. The lowest BCUT2D eigenvalue weighted by molar-refractivity contribution is 0.213. The topological polar surface area (TPSA) is 47.3 Å². The van der Waals surface area contributed by atoms with Gasteiger partial charge in [-0.1, -0.05) is 38.0 Å². The molecule has 1 aliphatic carbocycles. The highest BCUT2D eigenvalue weighted by Crippen LogP contribution is 2.39. The lowest BCUT2D eigenvalue weighted by atomic mass is 9.77. The first kappa shape index (κ1) is 15.3. The van der Waals surface area contributed by atoms with Crippen molar-refractivity contribution in [1.29, 1.82) is 0 Å². The highest BCUT2D eigenvalue weighted by Gasteiger charge is 2.28. The summed E-state index contributed by atoms with van der Waals surface area (Å²) >= 11 is 0. The van der Waals surface area contributed by atoms with Crippen molar-refractivity contribution < 1.29 is 4.74 Å². The second kappa shape index (κ2) is 7.09. The molecule has 0 radical (unpaired) electrons. The van der Waals surface area contributed by atoms with Crippen molar-refractivity contribution in [3.8, 4) is 5.75 Å². The second-order valence-corrected chi connectivity index (χ2v) is 6.37. The Balaban J connectivity index is 2.18. The minimum atomic E-state index is 0.181. The van der Waals surface area contributed by atoms with Crippen LogP contribution in [-0.2, 0) is 0 Å². The van der Waals surface area contributed by atoms with Gasteiger partial charge in [-0.25, -0.2) is 0 Å². The van der Waals surface area contributed by atoms with E-state index in [9.17, 15) is 0 Å². The Morgan fingerprint density at radius 3 is 2.40 bits per heavy atom. The lowest BCUT2D eigenvalue weighted by Gasteiger charge is -2.33. The van der Waals surface area contributed by atoms with E-state index in [1.807, 2.05) is 12.1 Å². The van der Waals surface area contributed by atoms with Crippen LogP contribution in [0.2, 0.25) is 0 Å². The zero-order chi connectivity index (χ0) is 14.5. The van der Waals surface area contributed by atoms with Gasteiger partial charge in [0.2, 0.25) is 0 Å². The van der Waals surface area contributed by atoms with Crippen LogP contribution >= 0.6 is 0 Å². The number of ether oxygens (including phenoxy) is 1. The van der Waals surface area contributed by atoms with Gasteiger partial charge in [0.05, 0.1) is 12.1 Å². The van der Waals surface area contributed by atoms with E-state index in [0.29, 0.717) is 5.92 Å². The molecule has 1 aliphatic rings. The maximum absolute atomic E-state index is 5.94. The van der Waals surface area contributed by atoms with Crippen molar-refractivity contribution in [3.05, 3.63) is 29.8 Å². The maximum Gasteiger partial charge on any atom is 0.124 e. The third-order valence-corrected chi connectivity index (χ3v) is 4.33. The molecule has 0 aromatic heterocycles. The highest BCUT2D eigenvalue weighted by molar-refractivity contribution is 5.36. The van der Waals surface area contributed by atoms with Crippen LogP contribution < -0.4 is 16.0 Å². The van der Waals surface area contributed by atoms with E-state index in [1.54, 1.807) is 0 Å². The number of nitrogens with one attached hydrogen (secondary N) is 1. The zero-order valence-electron chi connectivity index (χ0n) is 12.9. The summed E-state index contributed by atoms with van der Waals surface area (Å²) in [6.45, 7) is 6.46. The molecular formula is C17H28N2O. The summed E-state index contributed by atoms with van der Waals surface area (Å²) in [5.41, 5.74) is 4.23. The number of hydrazine groups is 1. The number of hydrogen-bond donors (Lipinski definition) is 2. The highest BCUT2D eigenvalue weighted by atomic mass is 16.5. The van der Waals surface area contributed by atoms with E-state index in [2.05, 4.69) is 38.3 Å². The summed E-state index contributed by atoms with van der Waals surface area (Å²) in [6, 6.07) is 8.47. The van der Waals surface area contributed by atoms with E-state index >= 15 is 0 Å². The number of hydrogen-bond acceptors (Lipinski definition) is 3. The third kappa shape index (κ3) is 3.74. The van der Waals surface area contributed by atoms with E-state index in [1.165, 1.54) is 31.2 Å². The first-order valence-electron chi connectivity index (χ1n) is 7.83. The predicted molar refractivity (Wildman–Crippen MR) is 83.4 cm³/mol. The van der Waals surface area contributed by atoms with Crippen LogP contribution in [0.4, 0.5) is 0 Å². The minimum Gasteiger partial charge on any atom is -0.491 e. The quantitative estimate of drug-likeness (QED) is 0.635. The Morgan fingerprint density at radius 1 is 1.15 bits per heavy atom. The zero-order valence-corrected chi connectivity index (χ0v) is 12.9. The minimum absolute atomic E-state index is 0.181. The summed E-state index contributed by atoms with van der Waals surface area (Å²) in [5.74, 6) is 8.28. The molecule has 0 heterocycles. The monoisotopic (exact) mass is 276 g/mol. The number of benzene rings is 1. The molecule has 20 heavy (non-hydrogen) atoms. The van der Waals surface area contributed by atoms with Crippen molar-refractivity contribution >= 4 is 0 Å². The Morgan fingerprint density at radius 2 is 1.80 bits per heavy atom. The van der Waals surface area contributed by atoms with Gasteiger partial charge in [0.25, 0.3) is 0 Å². The molecule has 2 rings (SSSR count). The molecule has 0 amide bonds. The molecule has 1 fully saturated rings. The summed E-state index contributed by atoms with van der Waals surface area (Å²) < 4.78 is 5.94. The Labute approximate surface area is 122 Å². The molecule has 0 saturated heterocycles. The maximum atomic E-state index is 5.94. The first-order chi connectivity index (χ1) is 9.61. The van der Waals surface area contributed by atoms with Gasteiger partial charge in [-0.2, -0.15) is 0 Å². The Kier molecular flexibility index (Phi) is 5.44. The van der Waals surface area contributed by atoms with Gasteiger partial charge in [-0.05, 0) is 44.6 Å². The fourth-order valence-corrected chi connectivity index (χ4v) is 3.20. The summed E-state index contributed by atoms with van der Waals surface area (Å²) in [4.78, 5) is 0. The smallest absolute Gasteiger partial charge is 0.124 e. The van der Waals surface area contributed by atoms with Gasteiger partial charge in [-0.15, -0.1) is 0 Å². The number of nitrogens with two attached hydrogens (primary N) is 1. The molecule has 1 atom stereocenters. The first-order valence-corrected chi connectivity index (χ1v) is 7.83. The normalized spacial score (nSPS) is 24.6.